The summed E-state index contributed by atoms with van der Waals surface area (Å²) in [6, 6.07) is 3.88. The molecule has 0 saturated carbocycles. The summed E-state index contributed by atoms with van der Waals surface area (Å²) >= 11 is 12.3. The zero-order valence-electron chi connectivity index (χ0n) is 10.4. The van der Waals surface area contributed by atoms with Crippen molar-refractivity contribution < 1.29 is 5.11 Å². The molecule has 1 aliphatic heterocycles. The highest BCUT2D eigenvalue weighted by molar-refractivity contribution is 6.35. The second-order valence-corrected chi connectivity index (χ2v) is 5.47. The van der Waals surface area contributed by atoms with E-state index >= 15 is 0 Å². The molecule has 0 aliphatic carbocycles. The molecule has 100 valence electrons. The lowest BCUT2D eigenvalue weighted by Crippen LogP contribution is -2.39. The molecule has 0 amide bonds. The third kappa shape index (κ3) is 2.38. The summed E-state index contributed by atoms with van der Waals surface area (Å²) in [5, 5.41) is 10.8. The Morgan fingerprint density at radius 1 is 1.50 bits per heavy atom. The van der Waals surface area contributed by atoms with Crippen molar-refractivity contribution in [3.8, 4) is 0 Å². The lowest BCUT2D eigenvalue weighted by atomic mass is 10.0. The van der Waals surface area contributed by atoms with E-state index in [9.17, 15) is 5.11 Å². The van der Waals surface area contributed by atoms with Crippen molar-refractivity contribution in [1.29, 1.82) is 0 Å². The summed E-state index contributed by atoms with van der Waals surface area (Å²) in [4.78, 5) is 2.22. The summed E-state index contributed by atoms with van der Waals surface area (Å²) in [7, 11) is 0. The summed E-state index contributed by atoms with van der Waals surface area (Å²) in [5.74, 6) is 0. The van der Waals surface area contributed by atoms with E-state index in [1.165, 1.54) is 0 Å². The molecule has 3 nitrogen and oxygen atoms in total. The topological polar surface area (TPSA) is 49.5 Å². The maximum atomic E-state index is 9.46. The van der Waals surface area contributed by atoms with Gasteiger partial charge in [-0.2, -0.15) is 0 Å². The zero-order chi connectivity index (χ0) is 13.3. The lowest BCUT2D eigenvalue weighted by molar-refractivity contribution is 0.0895. The minimum atomic E-state index is 0.0712. The molecule has 0 radical (unpaired) electrons. The number of rotatable bonds is 4. The van der Waals surface area contributed by atoms with E-state index in [4.69, 9.17) is 28.9 Å². The number of halogens is 2. The van der Waals surface area contributed by atoms with Crippen molar-refractivity contribution in [2.45, 2.75) is 32.0 Å². The molecule has 1 aliphatic rings. The van der Waals surface area contributed by atoms with Crippen LogP contribution in [-0.2, 0) is 6.54 Å². The van der Waals surface area contributed by atoms with Gasteiger partial charge in [0.1, 0.15) is 0 Å². The molecule has 0 bridgehead atoms. The molecule has 2 unspecified atom stereocenters. The maximum absolute atomic E-state index is 9.46. The first-order valence-corrected chi connectivity index (χ1v) is 6.92. The molecule has 0 fully saturated rings. The lowest BCUT2D eigenvalue weighted by Gasteiger charge is -2.31. The molecule has 0 saturated heterocycles. The fourth-order valence-corrected chi connectivity index (χ4v) is 3.38. The van der Waals surface area contributed by atoms with Crippen LogP contribution in [0.4, 0.5) is 0 Å². The van der Waals surface area contributed by atoms with Gasteiger partial charge in [-0.15, -0.1) is 0 Å². The first kappa shape index (κ1) is 14.1. The van der Waals surface area contributed by atoms with E-state index in [0.29, 0.717) is 16.6 Å². The van der Waals surface area contributed by atoms with E-state index < -0.39 is 0 Å². The molecule has 18 heavy (non-hydrogen) atoms. The second-order valence-electron chi connectivity index (χ2n) is 4.63. The highest BCUT2D eigenvalue weighted by Gasteiger charge is 2.34. The summed E-state index contributed by atoms with van der Waals surface area (Å²) in [6.45, 7) is 3.43. The number of hydrogen-bond donors (Lipinski definition) is 2. The molecule has 2 rings (SSSR count). The Bertz CT molecular complexity index is 435. The summed E-state index contributed by atoms with van der Waals surface area (Å²) in [6.07, 6.45) is 0.881. The van der Waals surface area contributed by atoms with Gasteiger partial charge in [0, 0.05) is 35.2 Å². The van der Waals surface area contributed by atoms with Crippen LogP contribution in [0, 0.1) is 0 Å². The van der Waals surface area contributed by atoms with Gasteiger partial charge in [-0.1, -0.05) is 30.1 Å². The van der Waals surface area contributed by atoms with Crippen LogP contribution in [-0.4, -0.2) is 29.2 Å². The molecule has 0 aromatic heterocycles. The average Bonchev–Trinajstić information content (AvgIpc) is 2.69. The number of nitrogens with zero attached hydrogens (tertiary/aromatic N) is 1. The number of fused-ring (bicyclic) bond motifs is 1. The fourth-order valence-electron chi connectivity index (χ4n) is 2.72. The molecule has 1 aromatic rings. The monoisotopic (exact) mass is 288 g/mol. The van der Waals surface area contributed by atoms with Gasteiger partial charge < -0.3 is 10.8 Å². The van der Waals surface area contributed by atoms with Crippen LogP contribution in [0.1, 0.15) is 30.5 Å². The second kappa shape index (κ2) is 5.76. The first-order valence-electron chi connectivity index (χ1n) is 6.16. The van der Waals surface area contributed by atoms with Crippen LogP contribution >= 0.6 is 23.2 Å². The zero-order valence-corrected chi connectivity index (χ0v) is 11.9. The van der Waals surface area contributed by atoms with E-state index in [1.54, 1.807) is 6.07 Å². The van der Waals surface area contributed by atoms with Crippen molar-refractivity contribution in [3.63, 3.8) is 0 Å². The van der Waals surface area contributed by atoms with Crippen LogP contribution in [0.3, 0.4) is 0 Å². The Hall–Kier alpha value is -0.320. The highest BCUT2D eigenvalue weighted by atomic mass is 35.5. The predicted octanol–water partition coefficient (Wildman–Crippen LogP) is 2.58. The Balaban J connectivity index is 2.39. The van der Waals surface area contributed by atoms with Crippen LogP contribution in [0.2, 0.25) is 10.0 Å². The van der Waals surface area contributed by atoms with Crippen LogP contribution < -0.4 is 5.73 Å². The van der Waals surface area contributed by atoms with Crippen LogP contribution in [0.25, 0.3) is 0 Å². The molecule has 0 spiro atoms. The summed E-state index contributed by atoms with van der Waals surface area (Å²) in [5.41, 5.74) is 8.06. The van der Waals surface area contributed by atoms with E-state index in [1.807, 2.05) is 6.07 Å². The van der Waals surface area contributed by atoms with Gasteiger partial charge in [0.05, 0.1) is 6.61 Å². The van der Waals surface area contributed by atoms with Crippen molar-refractivity contribution in [3.05, 3.63) is 33.3 Å². The number of aliphatic hydroxyl groups is 1. The molecule has 5 heteroatoms. The number of benzene rings is 1. The summed E-state index contributed by atoms with van der Waals surface area (Å²) < 4.78 is 0. The normalized spacial score (nSPS) is 21.1. The minimum absolute atomic E-state index is 0.0712. The number of hydrogen-bond acceptors (Lipinski definition) is 3. The maximum Gasteiger partial charge on any atom is 0.0587 e. The first-order chi connectivity index (χ1) is 8.62. The largest absolute Gasteiger partial charge is 0.395 e. The van der Waals surface area contributed by atoms with Gasteiger partial charge in [0.15, 0.2) is 0 Å². The minimum Gasteiger partial charge on any atom is -0.395 e. The van der Waals surface area contributed by atoms with Gasteiger partial charge in [0.2, 0.25) is 0 Å². The molecule has 1 heterocycles. The Labute approximate surface area is 117 Å². The standard InChI is InChI=1S/C13H18Cl2N2O/c1-2-10(7-18)17-6-8-3-9(14)4-11(15)13(8)12(17)5-16/h3-4,10,12,18H,2,5-7,16H2,1H3. The number of aliphatic hydroxyl groups excluding tert-OH is 1. The fraction of sp³-hybridized carbons (Fsp3) is 0.538. The third-order valence-corrected chi connectivity index (χ3v) is 4.17. The van der Waals surface area contributed by atoms with Gasteiger partial charge in [-0.3, -0.25) is 4.90 Å². The van der Waals surface area contributed by atoms with Crippen molar-refractivity contribution in [2.24, 2.45) is 5.73 Å². The van der Waals surface area contributed by atoms with Gasteiger partial charge in [-0.25, -0.2) is 0 Å². The molecular weight excluding hydrogens is 271 g/mol. The highest BCUT2D eigenvalue weighted by Crippen LogP contribution is 2.40. The van der Waals surface area contributed by atoms with Crippen molar-refractivity contribution in [1.82, 2.24) is 4.90 Å². The average molecular weight is 289 g/mol. The van der Waals surface area contributed by atoms with E-state index in [-0.39, 0.29) is 18.7 Å². The van der Waals surface area contributed by atoms with Gasteiger partial charge in [0.25, 0.3) is 0 Å². The third-order valence-electron chi connectivity index (χ3n) is 3.64. The van der Waals surface area contributed by atoms with E-state index in [0.717, 1.165) is 24.1 Å². The Morgan fingerprint density at radius 3 is 2.78 bits per heavy atom. The van der Waals surface area contributed by atoms with Crippen molar-refractivity contribution >= 4 is 23.2 Å². The Kier molecular flexibility index (Phi) is 4.51. The number of nitrogens with two attached hydrogens (primary N) is 1. The molecule has 1 aromatic carbocycles. The molecule has 2 atom stereocenters. The smallest absolute Gasteiger partial charge is 0.0587 e. The van der Waals surface area contributed by atoms with E-state index in [2.05, 4.69) is 11.8 Å². The Morgan fingerprint density at radius 2 is 2.22 bits per heavy atom. The van der Waals surface area contributed by atoms with Gasteiger partial charge in [-0.05, 0) is 29.7 Å². The SMILES string of the molecule is CCC(CO)N1Cc2cc(Cl)cc(Cl)c2C1CN. The van der Waals surface area contributed by atoms with Crippen molar-refractivity contribution in [2.75, 3.05) is 13.2 Å². The van der Waals surface area contributed by atoms with Crippen LogP contribution in [0.5, 0.6) is 0 Å². The molecular formula is C13H18Cl2N2O. The molecule has 3 N–H and O–H groups in total. The predicted molar refractivity (Wildman–Crippen MR) is 75.0 cm³/mol. The van der Waals surface area contributed by atoms with Crippen LogP contribution in [0.15, 0.2) is 12.1 Å². The quantitative estimate of drug-likeness (QED) is 0.895. The van der Waals surface area contributed by atoms with Gasteiger partial charge >= 0.3 is 0 Å².